The fraction of sp³-hybridized carbons (Fsp3) is 0.238. The zero-order valence-corrected chi connectivity index (χ0v) is 31.7. The Balaban J connectivity index is 1.09. The summed E-state index contributed by atoms with van der Waals surface area (Å²) in [6, 6.07) is 19.2. The molecule has 3 heterocycles. The largest absolute Gasteiger partial charge is 0.423 e. The van der Waals surface area contributed by atoms with Gasteiger partial charge in [0.1, 0.15) is 5.75 Å². The quantitative estimate of drug-likeness (QED) is 0.0543. The van der Waals surface area contributed by atoms with Crippen molar-refractivity contribution in [2.75, 3.05) is 43.4 Å². The molecule has 0 unspecified atom stereocenters. The number of ether oxygens (including phenoxy) is 1. The van der Waals surface area contributed by atoms with Crippen LogP contribution in [0.4, 0.5) is 16.2 Å². The first-order chi connectivity index (χ1) is 27.0. The first kappa shape index (κ1) is 38.9. The lowest BCUT2D eigenvalue weighted by molar-refractivity contribution is -0.129. The summed E-state index contributed by atoms with van der Waals surface area (Å²) in [7, 11) is 0. The van der Waals surface area contributed by atoms with Crippen LogP contribution in [-0.4, -0.2) is 82.1 Å². The Bertz CT molecular complexity index is 2350. The van der Waals surface area contributed by atoms with Crippen LogP contribution < -0.4 is 26.0 Å². The molecule has 14 nitrogen and oxygen atoms in total. The standard InChI is InChI=1S/C42H44N8O6/c1-5-49(6-2)21-20-43-41(54)39-26(3)35(46-27(39)4)24-33-32-23-31(14-15-34(32)48-40(33)53)56-38(52)17-16-37(51)50-36-22-30(13-12-29(36)25-45-50)47-42(55)44-19-18-28-10-8-7-9-11-28/h7-17,22-25,46H,5-6,18-21H2,1-4H3,(H,43,54)(H,48,53)(H2,44,47,55)/b17-16+,33-24-. The molecule has 2 aromatic heterocycles. The van der Waals surface area contributed by atoms with Crippen LogP contribution in [0.5, 0.6) is 5.75 Å². The van der Waals surface area contributed by atoms with Crippen molar-refractivity contribution in [1.82, 2.24) is 30.3 Å². The van der Waals surface area contributed by atoms with E-state index in [0.29, 0.717) is 75.4 Å². The van der Waals surface area contributed by atoms with Gasteiger partial charge in [-0.1, -0.05) is 44.2 Å². The molecule has 14 heteroatoms. The highest BCUT2D eigenvalue weighted by atomic mass is 16.5. The van der Waals surface area contributed by atoms with Gasteiger partial charge in [-0.15, -0.1) is 0 Å². The molecule has 6 rings (SSSR count). The SMILES string of the molecule is CCN(CC)CCNC(=O)c1c(C)[nH]c(/C=C2\C(=O)Nc3ccc(OC(=O)/C=C/C(=O)n4ncc5ccc(NC(=O)NCCc6ccccc6)cc54)cc32)c1C. The summed E-state index contributed by atoms with van der Waals surface area (Å²) in [6.07, 6.45) is 5.90. The molecule has 4 amide bonds. The number of aromatic amines is 1. The molecule has 0 atom stereocenters. The van der Waals surface area contributed by atoms with Gasteiger partial charge in [-0.3, -0.25) is 14.4 Å². The van der Waals surface area contributed by atoms with Gasteiger partial charge in [0.15, 0.2) is 0 Å². The smallest absolute Gasteiger partial charge is 0.336 e. The van der Waals surface area contributed by atoms with E-state index in [0.717, 1.165) is 42.0 Å². The zero-order chi connectivity index (χ0) is 39.8. The Kier molecular flexibility index (Phi) is 12.2. The van der Waals surface area contributed by atoms with E-state index in [9.17, 15) is 24.0 Å². The van der Waals surface area contributed by atoms with Crippen LogP contribution in [0.3, 0.4) is 0 Å². The maximum atomic E-state index is 13.1. The number of allylic oxidation sites excluding steroid dienone is 1. The van der Waals surface area contributed by atoms with E-state index in [1.165, 1.54) is 12.3 Å². The number of aryl methyl sites for hydroxylation is 1. The molecule has 0 fully saturated rings. The molecular weight excluding hydrogens is 713 g/mol. The fourth-order valence-corrected chi connectivity index (χ4v) is 6.51. The predicted octanol–water partition coefficient (Wildman–Crippen LogP) is 5.71. The third-order valence-corrected chi connectivity index (χ3v) is 9.53. The number of urea groups is 1. The van der Waals surface area contributed by atoms with Crippen LogP contribution in [0.25, 0.3) is 22.6 Å². The van der Waals surface area contributed by atoms with E-state index in [4.69, 9.17) is 4.74 Å². The van der Waals surface area contributed by atoms with Gasteiger partial charge in [-0.2, -0.15) is 9.78 Å². The van der Waals surface area contributed by atoms with Crippen LogP contribution >= 0.6 is 0 Å². The maximum absolute atomic E-state index is 13.1. The van der Waals surface area contributed by atoms with Crippen molar-refractivity contribution in [3.63, 3.8) is 0 Å². The first-order valence-electron chi connectivity index (χ1n) is 18.4. The summed E-state index contributed by atoms with van der Waals surface area (Å²) >= 11 is 0. The third kappa shape index (κ3) is 9.10. The number of benzene rings is 3. The summed E-state index contributed by atoms with van der Waals surface area (Å²) in [5.41, 5.74) is 5.87. The third-order valence-electron chi connectivity index (χ3n) is 9.53. The molecular formula is C42H44N8O6. The van der Waals surface area contributed by atoms with E-state index in [1.54, 1.807) is 36.4 Å². The number of hydrogen-bond acceptors (Lipinski definition) is 8. The van der Waals surface area contributed by atoms with Crippen molar-refractivity contribution in [1.29, 1.82) is 0 Å². The molecule has 0 saturated heterocycles. The molecule has 56 heavy (non-hydrogen) atoms. The number of rotatable bonds is 14. The highest BCUT2D eigenvalue weighted by molar-refractivity contribution is 6.35. The van der Waals surface area contributed by atoms with Gasteiger partial charge in [-0.25, -0.2) is 9.59 Å². The summed E-state index contributed by atoms with van der Waals surface area (Å²) in [4.78, 5) is 70.1. The molecule has 0 aliphatic carbocycles. The Labute approximate surface area is 324 Å². The van der Waals surface area contributed by atoms with Gasteiger partial charge in [0.25, 0.3) is 17.7 Å². The van der Waals surface area contributed by atoms with Crippen molar-refractivity contribution < 1.29 is 28.7 Å². The monoisotopic (exact) mass is 756 g/mol. The van der Waals surface area contributed by atoms with E-state index in [2.05, 4.69) is 50.1 Å². The molecule has 0 saturated carbocycles. The number of amides is 4. The number of carbonyl (C=O) groups is 5. The average molecular weight is 757 g/mol. The number of anilines is 2. The molecule has 0 bridgehead atoms. The van der Waals surface area contributed by atoms with Gasteiger partial charge < -0.3 is 35.9 Å². The van der Waals surface area contributed by atoms with E-state index >= 15 is 0 Å². The van der Waals surface area contributed by atoms with Crippen molar-refractivity contribution in [2.45, 2.75) is 34.1 Å². The highest BCUT2D eigenvalue weighted by Crippen LogP contribution is 2.36. The minimum Gasteiger partial charge on any atom is -0.423 e. The molecule has 0 radical (unpaired) electrons. The van der Waals surface area contributed by atoms with Crippen molar-refractivity contribution in [3.05, 3.63) is 119 Å². The van der Waals surface area contributed by atoms with Gasteiger partial charge in [0.2, 0.25) is 0 Å². The van der Waals surface area contributed by atoms with Gasteiger partial charge in [-0.05, 0) is 87.0 Å². The number of nitrogens with one attached hydrogen (secondary N) is 5. The maximum Gasteiger partial charge on any atom is 0.336 e. The molecule has 1 aliphatic rings. The second kappa shape index (κ2) is 17.6. The summed E-state index contributed by atoms with van der Waals surface area (Å²) in [5.74, 6) is -1.81. The minimum absolute atomic E-state index is 0.156. The normalized spacial score (nSPS) is 12.9. The second-order valence-electron chi connectivity index (χ2n) is 13.2. The number of H-pyrrole nitrogens is 1. The number of fused-ring (bicyclic) bond motifs is 2. The van der Waals surface area contributed by atoms with Crippen molar-refractivity contribution in [3.8, 4) is 5.75 Å². The molecule has 5 N–H and O–H groups in total. The lowest BCUT2D eigenvalue weighted by Gasteiger charge is -2.18. The second-order valence-corrected chi connectivity index (χ2v) is 13.2. The molecule has 5 aromatic rings. The lowest BCUT2D eigenvalue weighted by Crippen LogP contribution is -2.35. The number of carbonyl (C=O) groups excluding carboxylic acids is 5. The van der Waals surface area contributed by atoms with Crippen LogP contribution in [0.2, 0.25) is 0 Å². The number of hydrogen-bond donors (Lipinski definition) is 5. The average Bonchev–Trinajstić information content (AvgIpc) is 3.84. The van der Waals surface area contributed by atoms with Crippen molar-refractivity contribution in [2.24, 2.45) is 0 Å². The Morgan fingerprint density at radius 2 is 1.71 bits per heavy atom. The molecule has 0 spiro atoms. The van der Waals surface area contributed by atoms with Crippen LogP contribution in [0.15, 0.2) is 85.1 Å². The van der Waals surface area contributed by atoms with E-state index in [-0.39, 0.29) is 23.6 Å². The van der Waals surface area contributed by atoms with Gasteiger partial charge in [0.05, 0.1) is 22.9 Å². The number of aromatic nitrogens is 3. The Morgan fingerprint density at radius 3 is 2.48 bits per heavy atom. The van der Waals surface area contributed by atoms with Crippen LogP contribution in [-0.2, 0) is 16.0 Å². The Hall–Kier alpha value is -6.80. The van der Waals surface area contributed by atoms with E-state index < -0.39 is 11.9 Å². The van der Waals surface area contributed by atoms with Gasteiger partial charge in [0, 0.05) is 65.5 Å². The molecule has 1 aliphatic heterocycles. The zero-order valence-electron chi connectivity index (χ0n) is 31.7. The molecule has 3 aromatic carbocycles. The van der Waals surface area contributed by atoms with Gasteiger partial charge >= 0.3 is 12.0 Å². The number of likely N-dealkylation sites (N-methyl/N-ethyl adjacent to an activating group) is 1. The minimum atomic E-state index is -0.820. The van der Waals surface area contributed by atoms with E-state index in [1.807, 2.05) is 44.2 Å². The predicted molar refractivity (Wildman–Crippen MR) is 216 cm³/mol. The van der Waals surface area contributed by atoms with Crippen molar-refractivity contribution >= 4 is 63.6 Å². The number of esters is 1. The Morgan fingerprint density at radius 1 is 0.929 bits per heavy atom. The first-order valence-corrected chi connectivity index (χ1v) is 18.4. The summed E-state index contributed by atoms with van der Waals surface area (Å²) in [5, 5.41) is 16.2. The lowest BCUT2D eigenvalue weighted by atomic mass is 10.0. The summed E-state index contributed by atoms with van der Waals surface area (Å²) in [6.45, 7) is 11.3. The van der Waals surface area contributed by atoms with Crippen LogP contribution in [0.1, 0.15) is 57.1 Å². The number of nitrogens with zero attached hydrogens (tertiary/aromatic N) is 3. The van der Waals surface area contributed by atoms with Crippen LogP contribution in [0, 0.1) is 13.8 Å². The highest BCUT2D eigenvalue weighted by Gasteiger charge is 2.27. The summed E-state index contributed by atoms with van der Waals surface area (Å²) < 4.78 is 6.63. The molecule has 288 valence electrons. The fourth-order valence-electron chi connectivity index (χ4n) is 6.51. The topological polar surface area (TPSA) is 180 Å².